The summed E-state index contributed by atoms with van der Waals surface area (Å²) in [5, 5.41) is 0.853. The molecule has 2 amide bonds. The maximum Gasteiger partial charge on any atom is 0.339 e. The summed E-state index contributed by atoms with van der Waals surface area (Å²) in [6, 6.07) is 19.0. The summed E-state index contributed by atoms with van der Waals surface area (Å²) in [6.07, 6.45) is 5.05. The Bertz CT molecular complexity index is 1790. The van der Waals surface area contributed by atoms with Crippen LogP contribution < -0.4 is 4.90 Å². The molecule has 0 N–H and O–H groups in total. The number of allylic oxidation sites excluding steroid dienone is 2. The molecule has 3 aromatic carbocycles. The number of hydrogen-bond donors (Lipinski definition) is 0. The zero-order valence-electron chi connectivity index (χ0n) is 23.1. The van der Waals surface area contributed by atoms with Gasteiger partial charge in [0.15, 0.2) is 12.4 Å². The van der Waals surface area contributed by atoms with Crippen LogP contribution in [0.5, 0.6) is 0 Å². The lowest BCUT2D eigenvalue weighted by Crippen LogP contribution is -2.30. The number of benzene rings is 3. The van der Waals surface area contributed by atoms with Crippen LogP contribution in [0.25, 0.3) is 22.2 Å². The number of ketones is 1. The van der Waals surface area contributed by atoms with Crippen molar-refractivity contribution in [3.8, 4) is 11.3 Å². The molecule has 1 aliphatic heterocycles. The fourth-order valence-electron chi connectivity index (χ4n) is 5.57. The predicted octanol–water partition coefficient (Wildman–Crippen LogP) is 6.67. The van der Waals surface area contributed by atoms with Crippen LogP contribution in [0.15, 0.2) is 78.9 Å². The summed E-state index contributed by atoms with van der Waals surface area (Å²) < 4.78 is 5.46. The van der Waals surface area contributed by atoms with Crippen molar-refractivity contribution in [3.05, 3.63) is 106 Å². The molecule has 6 rings (SSSR count). The van der Waals surface area contributed by atoms with Crippen molar-refractivity contribution in [2.45, 2.75) is 26.7 Å². The smallest absolute Gasteiger partial charge is 0.339 e. The molecule has 2 unspecified atom stereocenters. The number of halogens is 1. The first-order chi connectivity index (χ1) is 20.2. The van der Waals surface area contributed by atoms with E-state index in [4.69, 9.17) is 21.3 Å². The molecule has 0 saturated carbocycles. The highest BCUT2D eigenvalue weighted by Gasteiger charge is 2.47. The molecule has 2 heterocycles. The van der Waals surface area contributed by atoms with Gasteiger partial charge in [-0.1, -0.05) is 60.2 Å². The van der Waals surface area contributed by atoms with Crippen LogP contribution in [-0.4, -0.2) is 35.2 Å². The Hall–Kier alpha value is -4.62. The lowest BCUT2D eigenvalue weighted by atomic mass is 9.85. The van der Waals surface area contributed by atoms with Crippen molar-refractivity contribution < 1.29 is 23.9 Å². The third-order valence-electron chi connectivity index (χ3n) is 8.10. The number of carbonyl (C=O) groups is 4. The van der Waals surface area contributed by atoms with Crippen LogP contribution in [0, 0.1) is 25.7 Å². The number of ether oxygens (including phenoxy) is 1. The van der Waals surface area contributed by atoms with Gasteiger partial charge in [-0.25, -0.2) is 9.78 Å². The molecule has 1 aliphatic carbocycles. The summed E-state index contributed by atoms with van der Waals surface area (Å²) in [7, 11) is 0. The molecular weight excluding hydrogens is 552 g/mol. The number of aryl methyl sites for hydroxylation is 2. The van der Waals surface area contributed by atoms with Gasteiger partial charge in [0.2, 0.25) is 11.8 Å². The zero-order valence-corrected chi connectivity index (χ0v) is 23.9. The van der Waals surface area contributed by atoms with Gasteiger partial charge in [0.05, 0.1) is 39.3 Å². The number of amides is 2. The number of aromatic nitrogens is 1. The highest BCUT2D eigenvalue weighted by Crippen LogP contribution is 2.38. The fraction of sp³-hybridized carbons (Fsp3) is 0.206. The lowest BCUT2D eigenvalue weighted by molar-refractivity contribution is -0.122. The number of para-hydroxylation sites is 1. The number of anilines is 1. The third kappa shape index (κ3) is 4.90. The van der Waals surface area contributed by atoms with Gasteiger partial charge in [-0.2, -0.15) is 0 Å². The minimum absolute atomic E-state index is 0.182. The average Bonchev–Trinajstić information content (AvgIpc) is 3.26. The molecule has 210 valence electrons. The monoisotopic (exact) mass is 578 g/mol. The van der Waals surface area contributed by atoms with Gasteiger partial charge in [0.1, 0.15) is 0 Å². The average molecular weight is 579 g/mol. The molecule has 1 aromatic heterocycles. The van der Waals surface area contributed by atoms with Crippen LogP contribution in [-0.2, 0) is 14.3 Å². The molecule has 0 radical (unpaired) electrons. The van der Waals surface area contributed by atoms with E-state index in [9.17, 15) is 19.2 Å². The molecule has 8 heteroatoms. The molecule has 0 spiro atoms. The van der Waals surface area contributed by atoms with Crippen molar-refractivity contribution in [1.29, 1.82) is 0 Å². The fourth-order valence-corrected chi connectivity index (χ4v) is 5.79. The second-order valence-electron chi connectivity index (χ2n) is 10.7. The van der Waals surface area contributed by atoms with Gasteiger partial charge < -0.3 is 4.74 Å². The van der Waals surface area contributed by atoms with Crippen LogP contribution in [0.2, 0.25) is 5.02 Å². The summed E-state index contributed by atoms with van der Waals surface area (Å²) in [5.41, 5.74) is 4.74. The Labute approximate surface area is 247 Å². The number of Topliss-reactive ketones (excluding diaryl/α,β-unsaturated/α-hetero) is 1. The Kier molecular flexibility index (Phi) is 7.21. The molecule has 42 heavy (non-hydrogen) atoms. The maximum atomic E-state index is 13.3. The number of esters is 1. The number of pyridine rings is 1. The molecule has 2 aliphatic rings. The maximum absolute atomic E-state index is 13.3. The molecular formula is C34H27ClN2O5. The van der Waals surface area contributed by atoms with E-state index in [0.717, 1.165) is 11.1 Å². The Morgan fingerprint density at radius 2 is 1.60 bits per heavy atom. The number of hydrogen-bond acceptors (Lipinski definition) is 6. The van der Waals surface area contributed by atoms with E-state index >= 15 is 0 Å². The van der Waals surface area contributed by atoms with Crippen molar-refractivity contribution in [2.24, 2.45) is 11.8 Å². The van der Waals surface area contributed by atoms with E-state index in [1.54, 1.807) is 60.7 Å². The predicted molar refractivity (Wildman–Crippen MR) is 161 cm³/mol. The molecule has 1 fully saturated rings. The summed E-state index contributed by atoms with van der Waals surface area (Å²) >= 11 is 6.48. The first-order valence-corrected chi connectivity index (χ1v) is 14.1. The van der Waals surface area contributed by atoms with Crippen LogP contribution in [0.3, 0.4) is 0 Å². The Morgan fingerprint density at radius 3 is 2.26 bits per heavy atom. The first-order valence-electron chi connectivity index (χ1n) is 13.7. The Balaban J connectivity index is 1.28. The number of imide groups is 1. The minimum atomic E-state index is -0.677. The second-order valence-corrected chi connectivity index (χ2v) is 11.1. The van der Waals surface area contributed by atoms with Crippen molar-refractivity contribution in [3.63, 3.8) is 0 Å². The van der Waals surface area contributed by atoms with E-state index in [-0.39, 0.29) is 35.0 Å². The van der Waals surface area contributed by atoms with Gasteiger partial charge in [-0.15, -0.1) is 0 Å². The quantitative estimate of drug-likeness (QED) is 0.110. The number of carbonyl (C=O) groups excluding carboxylic acids is 4. The van der Waals surface area contributed by atoms with E-state index in [1.807, 2.05) is 32.1 Å². The van der Waals surface area contributed by atoms with Crippen LogP contribution >= 0.6 is 11.6 Å². The van der Waals surface area contributed by atoms with Crippen molar-refractivity contribution in [1.82, 2.24) is 4.98 Å². The molecule has 4 aromatic rings. The molecule has 1 saturated heterocycles. The van der Waals surface area contributed by atoms with Crippen LogP contribution in [0.4, 0.5) is 5.69 Å². The Morgan fingerprint density at radius 1 is 0.905 bits per heavy atom. The number of rotatable bonds is 6. The normalized spacial score (nSPS) is 17.9. The van der Waals surface area contributed by atoms with Crippen LogP contribution in [0.1, 0.15) is 44.7 Å². The van der Waals surface area contributed by atoms with Gasteiger partial charge in [0.25, 0.3) is 0 Å². The minimum Gasteiger partial charge on any atom is -0.454 e. The zero-order chi connectivity index (χ0) is 29.5. The van der Waals surface area contributed by atoms with E-state index < -0.39 is 12.6 Å². The van der Waals surface area contributed by atoms with Crippen molar-refractivity contribution >= 4 is 51.8 Å². The van der Waals surface area contributed by atoms with Gasteiger partial charge in [0, 0.05) is 16.5 Å². The van der Waals surface area contributed by atoms with Crippen molar-refractivity contribution in [2.75, 3.05) is 11.5 Å². The molecule has 2 atom stereocenters. The molecule has 0 bridgehead atoms. The number of nitrogens with zero attached hydrogens (tertiary/aromatic N) is 2. The standard InChI is InChI=1S/C34H27ClN2O5/c1-19-10-11-22(16-20(19)2)30(38)18-42-34(41)27-17-29(36-31-24(27)8-5-9-28(31)35)21-12-14-23(15-13-21)37-32(39)25-6-3-4-7-26(25)33(37)40/h3-5,8-17,25-26H,6-7,18H2,1-2H3. The first kappa shape index (κ1) is 27.5. The second kappa shape index (κ2) is 11.0. The summed E-state index contributed by atoms with van der Waals surface area (Å²) in [5.74, 6) is -1.98. The lowest BCUT2D eigenvalue weighted by Gasteiger charge is -2.16. The van der Waals surface area contributed by atoms with E-state index in [1.165, 1.54) is 4.90 Å². The van der Waals surface area contributed by atoms with Gasteiger partial charge >= 0.3 is 5.97 Å². The van der Waals surface area contributed by atoms with E-state index in [0.29, 0.717) is 51.3 Å². The highest BCUT2D eigenvalue weighted by molar-refractivity contribution is 6.35. The SMILES string of the molecule is Cc1ccc(C(=O)COC(=O)c2cc(-c3ccc(N4C(=O)C5CC=CCC5C4=O)cc3)nc3c(Cl)cccc23)cc1C. The highest BCUT2D eigenvalue weighted by atomic mass is 35.5. The largest absolute Gasteiger partial charge is 0.454 e. The molecule has 7 nitrogen and oxygen atoms in total. The third-order valence-corrected chi connectivity index (χ3v) is 8.41. The number of fused-ring (bicyclic) bond motifs is 2. The summed E-state index contributed by atoms with van der Waals surface area (Å²) in [6.45, 7) is 3.47. The topological polar surface area (TPSA) is 93.6 Å². The van der Waals surface area contributed by atoms with Gasteiger partial charge in [-0.3, -0.25) is 19.3 Å². The summed E-state index contributed by atoms with van der Waals surface area (Å²) in [4.78, 5) is 58.0. The van der Waals surface area contributed by atoms with E-state index in [2.05, 4.69) is 0 Å². The van der Waals surface area contributed by atoms with Gasteiger partial charge in [-0.05, 0) is 68.1 Å².